The van der Waals surface area contributed by atoms with Crippen molar-refractivity contribution in [2.45, 2.75) is 72.1 Å². The molecule has 0 N–H and O–H groups in total. The van der Waals surface area contributed by atoms with Crippen LogP contribution in [-0.2, 0) is 0 Å². The smallest absolute Gasteiger partial charge is 0.0131 e. The minimum Gasteiger partial charge on any atom is -0.0622 e. The van der Waals surface area contributed by atoms with Crippen molar-refractivity contribution in [1.82, 2.24) is 0 Å². The van der Waals surface area contributed by atoms with Gasteiger partial charge in [0.2, 0.25) is 0 Å². The molecule has 3 aliphatic carbocycles. The molecule has 0 bridgehead atoms. The molecule has 3 aliphatic rings. The van der Waals surface area contributed by atoms with E-state index in [1.165, 1.54) is 38.5 Å². The van der Waals surface area contributed by atoms with Crippen molar-refractivity contribution in [2.75, 3.05) is 0 Å². The van der Waals surface area contributed by atoms with E-state index in [2.05, 4.69) is 58.0 Å². The first kappa shape index (κ1) is 17.6. The van der Waals surface area contributed by atoms with Crippen molar-refractivity contribution < 1.29 is 0 Å². The Balaban J connectivity index is 1.47. The zero-order valence-corrected chi connectivity index (χ0v) is 16.8. The zero-order chi connectivity index (χ0) is 17.6. The Hall–Kier alpha value is -0.780. The molecule has 3 fully saturated rings. The first-order chi connectivity index (χ1) is 12.1. The van der Waals surface area contributed by atoms with Crippen molar-refractivity contribution in [3.63, 3.8) is 0 Å². The molecule has 8 unspecified atom stereocenters. The van der Waals surface area contributed by atoms with Crippen molar-refractivity contribution in [3.05, 3.63) is 35.9 Å². The highest BCUT2D eigenvalue weighted by Gasteiger charge is 2.47. The Morgan fingerprint density at radius 3 is 2.08 bits per heavy atom. The van der Waals surface area contributed by atoms with E-state index < -0.39 is 0 Å². The summed E-state index contributed by atoms with van der Waals surface area (Å²) in [5.41, 5.74) is 1.63. The van der Waals surface area contributed by atoms with Gasteiger partial charge in [0.1, 0.15) is 0 Å². The summed E-state index contributed by atoms with van der Waals surface area (Å²) in [7, 11) is 0. The number of hydrogen-bond donors (Lipinski definition) is 0. The van der Waals surface area contributed by atoms with E-state index in [9.17, 15) is 0 Å². The second kappa shape index (κ2) is 7.09. The molecule has 8 atom stereocenters. The Labute approximate surface area is 155 Å². The largest absolute Gasteiger partial charge is 0.0622 e. The van der Waals surface area contributed by atoms with E-state index in [4.69, 9.17) is 0 Å². The Bertz CT molecular complexity index is 547. The standard InChI is InChI=1S/C25H38/c1-16-17(2)19(4)25(18(16)3)15-21-13-14-24-22(11-8-12-23(21)24)20-9-6-5-7-10-20/h5-7,9-10,16-19,21-25H,8,11-15H2,1-4H3. The first-order valence-electron chi connectivity index (χ1n) is 11.1. The molecule has 1 aromatic rings. The highest BCUT2D eigenvalue weighted by atomic mass is 14.5. The predicted octanol–water partition coefficient (Wildman–Crippen LogP) is 7.16. The fourth-order valence-corrected chi connectivity index (χ4v) is 7.32. The van der Waals surface area contributed by atoms with Crippen LogP contribution < -0.4 is 0 Å². The maximum atomic E-state index is 2.55. The van der Waals surface area contributed by atoms with Gasteiger partial charge in [0.05, 0.1) is 0 Å². The highest BCUT2D eigenvalue weighted by Crippen LogP contribution is 2.56. The van der Waals surface area contributed by atoms with E-state index in [1.54, 1.807) is 5.56 Å². The Morgan fingerprint density at radius 1 is 0.720 bits per heavy atom. The zero-order valence-electron chi connectivity index (χ0n) is 16.8. The van der Waals surface area contributed by atoms with Crippen LogP contribution in [0.2, 0.25) is 0 Å². The quantitative estimate of drug-likeness (QED) is 0.548. The monoisotopic (exact) mass is 338 g/mol. The van der Waals surface area contributed by atoms with Crippen LogP contribution in [0.5, 0.6) is 0 Å². The summed E-state index contributed by atoms with van der Waals surface area (Å²) in [6, 6.07) is 11.5. The molecule has 0 saturated heterocycles. The lowest BCUT2D eigenvalue weighted by Gasteiger charge is -2.38. The minimum atomic E-state index is 0.848. The molecule has 0 radical (unpaired) electrons. The molecular weight excluding hydrogens is 300 g/mol. The van der Waals surface area contributed by atoms with Crippen LogP contribution in [-0.4, -0.2) is 0 Å². The van der Waals surface area contributed by atoms with Gasteiger partial charge in [-0.25, -0.2) is 0 Å². The van der Waals surface area contributed by atoms with Gasteiger partial charge in [-0.1, -0.05) is 64.4 Å². The van der Waals surface area contributed by atoms with Gasteiger partial charge < -0.3 is 0 Å². The normalized spacial score (nSPS) is 47.0. The van der Waals surface area contributed by atoms with Gasteiger partial charge in [0.25, 0.3) is 0 Å². The van der Waals surface area contributed by atoms with Crippen molar-refractivity contribution in [3.8, 4) is 0 Å². The lowest BCUT2D eigenvalue weighted by atomic mass is 9.67. The van der Waals surface area contributed by atoms with E-state index in [0.717, 1.165) is 53.3 Å². The SMILES string of the molecule is CC1C(C)C(C)C(CC2CCC3C(c4ccccc4)CCCC23)C1C. The van der Waals surface area contributed by atoms with E-state index >= 15 is 0 Å². The predicted molar refractivity (Wildman–Crippen MR) is 108 cm³/mol. The molecule has 0 heteroatoms. The summed E-state index contributed by atoms with van der Waals surface area (Å²) in [5, 5.41) is 0. The maximum absolute atomic E-state index is 2.55. The lowest BCUT2D eigenvalue weighted by molar-refractivity contribution is 0.159. The van der Waals surface area contributed by atoms with Gasteiger partial charge in [-0.2, -0.15) is 0 Å². The third-order valence-corrected chi connectivity index (χ3v) is 9.24. The lowest BCUT2D eigenvalue weighted by Crippen LogP contribution is -2.28. The first-order valence-corrected chi connectivity index (χ1v) is 11.1. The van der Waals surface area contributed by atoms with Crippen LogP contribution in [0, 0.1) is 47.3 Å². The van der Waals surface area contributed by atoms with Crippen molar-refractivity contribution >= 4 is 0 Å². The molecule has 138 valence electrons. The van der Waals surface area contributed by atoms with Gasteiger partial charge in [-0.05, 0) is 90.9 Å². The number of rotatable bonds is 3. The van der Waals surface area contributed by atoms with E-state index in [-0.39, 0.29) is 0 Å². The van der Waals surface area contributed by atoms with E-state index in [1.807, 2.05) is 0 Å². The second-order valence-corrected chi connectivity index (χ2v) is 9.95. The molecule has 3 saturated carbocycles. The number of hydrogen-bond acceptors (Lipinski definition) is 0. The van der Waals surface area contributed by atoms with Crippen LogP contribution in [0.4, 0.5) is 0 Å². The van der Waals surface area contributed by atoms with Crippen molar-refractivity contribution in [2.24, 2.45) is 47.3 Å². The van der Waals surface area contributed by atoms with Gasteiger partial charge in [-0.15, -0.1) is 0 Å². The van der Waals surface area contributed by atoms with Crippen LogP contribution in [0.1, 0.15) is 77.7 Å². The minimum absolute atomic E-state index is 0.848. The van der Waals surface area contributed by atoms with Crippen LogP contribution in [0.25, 0.3) is 0 Å². The van der Waals surface area contributed by atoms with E-state index in [0.29, 0.717) is 0 Å². The van der Waals surface area contributed by atoms with Crippen molar-refractivity contribution in [1.29, 1.82) is 0 Å². The Morgan fingerprint density at radius 2 is 1.40 bits per heavy atom. The van der Waals surface area contributed by atoms with Gasteiger partial charge in [0.15, 0.2) is 0 Å². The molecule has 25 heavy (non-hydrogen) atoms. The molecule has 0 amide bonds. The molecule has 0 aromatic heterocycles. The molecule has 0 nitrogen and oxygen atoms in total. The van der Waals surface area contributed by atoms with Gasteiger partial charge in [-0.3, -0.25) is 0 Å². The third kappa shape index (κ3) is 3.08. The number of fused-ring (bicyclic) bond motifs is 1. The highest BCUT2D eigenvalue weighted by molar-refractivity contribution is 5.22. The molecule has 0 heterocycles. The average molecular weight is 339 g/mol. The van der Waals surface area contributed by atoms with Crippen LogP contribution in [0.15, 0.2) is 30.3 Å². The molecule has 0 spiro atoms. The Kier molecular flexibility index (Phi) is 5.00. The fraction of sp³-hybridized carbons (Fsp3) is 0.760. The summed E-state index contributed by atoms with van der Waals surface area (Å²) in [4.78, 5) is 0. The van der Waals surface area contributed by atoms with Crippen LogP contribution >= 0.6 is 0 Å². The third-order valence-electron chi connectivity index (χ3n) is 9.24. The molecule has 1 aromatic carbocycles. The average Bonchev–Trinajstić information content (AvgIpc) is 3.14. The summed E-state index contributed by atoms with van der Waals surface area (Å²) in [6.07, 6.45) is 8.94. The van der Waals surface area contributed by atoms with Gasteiger partial charge in [0, 0.05) is 0 Å². The summed E-state index contributed by atoms with van der Waals surface area (Å²) in [5.74, 6) is 8.53. The molecular formula is C25H38. The topological polar surface area (TPSA) is 0 Å². The summed E-state index contributed by atoms with van der Waals surface area (Å²) >= 11 is 0. The number of benzene rings is 1. The maximum Gasteiger partial charge on any atom is -0.0131 e. The summed E-state index contributed by atoms with van der Waals surface area (Å²) < 4.78 is 0. The molecule has 4 rings (SSSR count). The van der Waals surface area contributed by atoms with Gasteiger partial charge >= 0.3 is 0 Å². The fourth-order valence-electron chi connectivity index (χ4n) is 7.32. The summed E-state index contributed by atoms with van der Waals surface area (Å²) in [6.45, 7) is 10.1. The second-order valence-electron chi connectivity index (χ2n) is 9.95. The molecule has 0 aliphatic heterocycles. The van der Waals surface area contributed by atoms with Crippen LogP contribution in [0.3, 0.4) is 0 Å².